The molecular formula is C14H20N2S. The zero-order valence-corrected chi connectivity index (χ0v) is 11.6. The van der Waals surface area contributed by atoms with Crippen LogP contribution in [0.2, 0.25) is 0 Å². The van der Waals surface area contributed by atoms with Crippen molar-refractivity contribution in [3.63, 3.8) is 0 Å². The van der Waals surface area contributed by atoms with Crippen molar-refractivity contribution >= 4 is 23.3 Å². The van der Waals surface area contributed by atoms with Gasteiger partial charge in [0.2, 0.25) is 0 Å². The largest absolute Gasteiger partial charge is 0.331 e. The summed E-state index contributed by atoms with van der Waals surface area (Å²) in [5, 5.41) is 0. The van der Waals surface area contributed by atoms with E-state index in [4.69, 9.17) is 12.2 Å². The Bertz CT molecular complexity index is 565. The Labute approximate surface area is 108 Å². The molecule has 3 heteroatoms. The number of unbranched alkanes of at least 4 members (excludes halogenated alkanes) is 1. The predicted octanol–water partition coefficient (Wildman–Crippen LogP) is 4.76. The number of H-pyrrole nitrogens is 1. The molecule has 0 aliphatic heterocycles. The molecule has 17 heavy (non-hydrogen) atoms. The maximum absolute atomic E-state index is 5.45. The third-order valence-corrected chi connectivity index (χ3v) is 3.65. The minimum atomic E-state index is 0.470. The molecule has 2 rings (SSSR count). The third kappa shape index (κ3) is 2.29. The molecule has 1 N–H and O–H groups in total. The molecule has 1 unspecified atom stereocenters. The van der Waals surface area contributed by atoms with E-state index in [1.807, 2.05) is 0 Å². The molecule has 0 aliphatic carbocycles. The number of aromatic amines is 1. The van der Waals surface area contributed by atoms with Crippen molar-refractivity contribution in [3.8, 4) is 0 Å². The van der Waals surface area contributed by atoms with E-state index in [0.29, 0.717) is 6.04 Å². The summed E-state index contributed by atoms with van der Waals surface area (Å²) in [4.78, 5) is 3.30. The highest BCUT2D eigenvalue weighted by molar-refractivity contribution is 7.71. The first-order valence-electron chi connectivity index (χ1n) is 6.35. The van der Waals surface area contributed by atoms with Crippen LogP contribution >= 0.6 is 12.2 Å². The van der Waals surface area contributed by atoms with E-state index < -0.39 is 0 Å². The molecule has 1 atom stereocenters. The molecule has 0 spiro atoms. The average molecular weight is 248 g/mol. The molecule has 92 valence electrons. The van der Waals surface area contributed by atoms with Crippen molar-refractivity contribution in [1.82, 2.24) is 9.55 Å². The first-order valence-corrected chi connectivity index (χ1v) is 6.75. The molecule has 0 fully saturated rings. The lowest BCUT2D eigenvalue weighted by molar-refractivity contribution is 0.491. The number of nitrogens with one attached hydrogen (secondary N) is 1. The lowest BCUT2D eigenvalue weighted by Gasteiger charge is -2.15. The summed E-state index contributed by atoms with van der Waals surface area (Å²) >= 11 is 5.45. The number of benzene rings is 1. The summed E-state index contributed by atoms with van der Waals surface area (Å²) in [6.07, 6.45) is 3.67. The normalized spacial score (nSPS) is 13.1. The molecule has 0 saturated carbocycles. The Balaban J connectivity index is 2.52. The maximum Gasteiger partial charge on any atom is 0.178 e. The van der Waals surface area contributed by atoms with Crippen molar-refractivity contribution in [2.75, 3.05) is 0 Å². The van der Waals surface area contributed by atoms with Gasteiger partial charge in [0.25, 0.3) is 0 Å². The molecule has 0 bridgehead atoms. The van der Waals surface area contributed by atoms with Gasteiger partial charge in [0, 0.05) is 6.04 Å². The first kappa shape index (κ1) is 12.4. The smallest absolute Gasteiger partial charge is 0.178 e. The van der Waals surface area contributed by atoms with Gasteiger partial charge in [0.1, 0.15) is 0 Å². The van der Waals surface area contributed by atoms with Crippen molar-refractivity contribution in [2.24, 2.45) is 0 Å². The second-order valence-corrected chi connectivity index (χ2v) is 5.15. The third-order valence-electron chi connectivity index (χ3n) is 3.36. The molecule has 0 aliphatic rings. The monoisotopic (exact) mass is 248 g/mol. The molecule has 1 heterocycles. The van der Waals surface area contributed by atoms with Gasteiger partial charge in [-0.1, -0.05) is 31.9 Å². The van der Waals surface area contributed by atoms with Gasteiger partial charge in [-0.05, 0) is 44.1 Å². The van der Waals surface area contributed by atoms with Crippen LogP contribution in [0.4, 0.5) is 0 Å². The van der Waals surface area contributed by atoms with Crippen molar-refractivity contribution in [1.29, 1.82) is 0 Å². The SMILES string of the molecule is CCCCC(C)n1c(=S)[nH]c2cccc(C)c21. The lowest BCUT2D eigenvalue weighted by atomic mass is 10.1. The first-order chi connectivity index (χ1) is 8.15. The van der Waals surface area contributed by atoms with E-state index >= 15 is 0 Å². The fraction of sp³-hybridized carbons (Fsp3) is 0.500. The van der Waals surface area contributed by atoms with E-state index in [1.54, 1.807) is 0 Å². The highest BCUT2D eigenvalue weighted by atomic mass is 32.1. The highest BCUT2D eigenvalue weighted by Crippen LogP contribution is 2.24. The number of hydrogen-bond donors (Lipinski definition) is 1. The summed E-state index contributed by atoms with van der Waals surface area (Å²) in [7, 11) is 0. The Kier molecular flexibility index (Phi) is 3.67. The average Bonchev–Trinajstić information content (AvgIpc) is 2.64. The number of imidazole rings is 1. The number of para-hydroxylation sites is 1. The van der Waals surface area contributed by atoms with Gasteiger partial charge in [-0.25, -0.2) is 0 Å². The summed E-state index contributed by atoms with van der Waals surface area (Å²) in [5.41, 5.74) is 3.71. The van der Waals surface area contributed by atoms with Crippen LogP contribution in [0.5, 0.6) is 0 Å². The van der Waals surface area contributed by atoms with Gasteiger partial charge in [-0.2, -0.15) is 0 Å². The molecule has 1 aromatic carbocycles. The summed E-state index contributed by atoms with van der Waals surface area (Å²) in [6.45, 7) is 6.63. The fourth-order valence-electron chi connectivity index (χ4n) is 2.41. The predicted molar refractivity (Wildman–Crippen MR) is 76.1 cm³/mol. The van der Waals surface area contributed by atoms with Crippen LogP contribution in [0.15, 0.2) is 18.2 Å². The fourth-order valence-corrected chi connectivity index (χ4v) is 2.79. The minimum absolute atomic E-state index is 0.470. The molecule has 0 radical (unpaired) electrons. The summed E-state index contributed by atoms with van der Waals surface area (Å²) in [5.74, 6) is 0. The Morgan fingerprint density at radius 1 is 1.41 bits per heavy atom. The van der Waals surface area contributed by atoms with Crippen molar-refractivity contribution in [3.05, 3.63) is 28.5 Å². The van der Waals surface area contributed by atoms with Gasteiger partial charge < -0.3 is 9.55 Å². The van der Waals surface area contributed by atoms with E-state index in [-0.39, 0.29) is 0 Å². The van der Waals surface area contributed by atoms with Gasteiger partial charge >= 0.3 is 0 Å². The van der Waals surface area contributed by atoms with Crippen molar-refractivity contribution < 1.29 is 0 Å². The lowest BCUT2D eigenvalue weighted by Crippen LogP contribution is -2.05. The van der Waals surface area contributed by atoms with E-state index in [2.05, 4.69) is 48.5 Å². The zero-order chi connectivity index (χ0) is 12.4. The van der Waals surface area contributed by atoms with E-state index in [1.165, 1.54) is 30.3 Å². The summed E-state index contributed by atoms with van der Waals surface area (Å²) < 4.78 is 3.12. The number of nitrogens with zero attached hydrogens (tertiary/aromatic N) is 1. The number of rotatable bonds is 4. The van der Waals surface area contributed by atoms with Crippen LogP contribution in [-0.4, -0.2) is 9.55 Å². The molecule has 0 saturated heterocycles. The number of aromatic nitrogens is 2. The van der Waals surface area contributed by atoms with Gasteiger partial charge in [0.05, 0.1) is 11.0 Å². The second-order valence-electron chi connectivity index (χ2n) is 4.76. The zero-order valence-electron chi connectivity index (χ0n) is 10.8. The van der Waals surface area contributed by atoms with Crippen LogP contribution in [-0.2, 0) is 0 Å². The highest BCUT2D eigenvalue weighted by Gasteiger charge is 2.11. The Hall–Kier alpha value is -1.09. The molecule has 0 amide bonds. The standard InChI is InChI=1S/C14H20N2S/c1-4-5-8-11(3)16-13-10(2)7-6-9-12(13)15-14(16)17/h6-7,9,11H,4-5,8H2,1-3H3,(H,15,17). The Morgan fingerprint density at radius 3 is 2.88 bits per heavy atom. The molecular weight excluding hydrogens is 228 g/mol. The van der Waals surface area contributed by atoms with E-state index in [0.717, 1.165) is 10.3 Å². The van der Waals surface area contributed by atoms with Gasteiger partial charge in [-0.3, -0.25) is 0 Å². The maximum atomic E-state index is 5.45. The second kappa shape index (κ2) is 5.05. The van der Waals surface area contributed by atoms with Gasteiger partial charge in [0.15, 0.2) is 4.77 Å². The van der Waals surface area contributed by atoms with Crippen LogP contribution in [0, 0.1) is 11.7 Å². The van der Waals surface area contributed by atoms with E-state index in [9.17, 15) is 0 Å². The van der Waals surface area contributed by atoms with Crippen LogP contribution < -0.4 is 0 Å². The minimum Gasteiger partial charge on any atom is -0.331 e. The summed E-state index contributed by atoms with van der Waals surface area (Å²) in [6, 6.07) is 6.79. The molecule has 2 aromatic rings. The number of fused-ring (bicyclic) bond motifs is 1. The molecule has 2 nitrogen and oxygen atoms in total. The van der Waals surface area contributed by atoms with Crippen LogP contribution in [0.25, 0.3) is 11.0 Å². The van der Waals surface area contributed by atoms with Crippen LogP contribution in [0.3, 0.4) is 0 Å². The topological polar surface area (TPSA) is 20.7 Å². The quantitative estimate of drug-likeness (QED) is 0.774. The Morgan fingerprint density at radius 2 is 2.18 bits per heavy atom. The number of aryl methyl sites for hydroxylation is 1. The van der Waals surface area contributed by atoms with Crippen molar-refractivity contribution in [2.45, 2.75) is 46.1 Å². The number of hydrogen-bond acceptors (Lipinski definition) is 1. The van der Waals surface area contributed by atoms with Gasteiger partial charge in [-0.15, -0.1) is 0 Å². The van der Waals surface area contributed by atoms with Crippen LogP contribution in [0.1, 0.15) is 44.7 Å². The molecule has 1 aromatic heterocycles.